The molecule has 6 heteroatoms. The van der Waals surface area contributed by atoms with E-state index in [4.69, 9.17) is 0 Å². The quantitative estimate of drug-likeness (QED) is 0.675. The van der Waals surface area contributed by atoms with Crippen LogP contribution in [0.2, 0.25) is 0 Å². The van der Waals surface area contributed by atoms with Gasteiger partial charge in [0.15, 0.2) is 0 Å². The van der Waals surface area contributed by atoms with E-state index in [0.717, 1.165) is 43.5 Å². The van der Waals surface area contributed by atoms with Gasteiger partial charge in [0.2, 0.25) is 0 Å². The van der Waals surface area contributed by atoms with Crippen molar-refractivity contribution in [1.29, 1.82) is 0 Å². The van der Waals surface area contributed by atoms with Crippen LogP contribution < -0.4 is 5.32 Å². The fourth-order valence-electron chi connectivity index (χ4n) is 3.12. The molecule has 0 spiro atoms. The van der Waals surface area contributed by atoms with Crippen LogP contribution in [0, 0.1) is 27.7 Å². The smallest absolute Gasteiger partial charge is 0.0946 e. The Morgan fingerprint density at radius 1 is 0.846 bits per heavy atom. The van der Waals surface area contributed by atoms with Crippen LogP contribution in [0.15, 0.2) is 42.5 Å². The number of aromatic nitrogens is 4. The van der Waals surface area contributed by atoms with Crippen molar-refractivity contribution in [2.75, 3.05) is 18.4 Å². The first kappa shape index (κ1) is 18.2. The third kappa shape index (κ3) is 4.73. The van der Waals surface area contributed by atoms with E-state index in [1.807, 2.05) is 32.0 Å². The minimum Gasteiger partial charge on any atom is -0.384 e. The number of anilines is 1. The highest BCUT2D eigenvalue weighted by Crippen LogP contribution is 2.09. The van der Waals surface area contributed by atoms with Crippen LogP contribution in [0.5, 0.6) is 0 Å². The predicted octanol–water partition coefficient (Wildman–Crippen LogP) is 3.34. The zero-order valence-corrected chi connectivity index (χ0v) is 16.1. The average molecular weight is 352 g/mol. The molecule has 0 saturated heterocycles. The van der Waals surface area contributed by atoms with Gasteiger partial charge in [-0.25, -0.2) is 0 Å². The molecule has 0 saturated carbocycles. The maximum absolute atomic E-state index is 4.61. The summed E-state index contributed by atoms with van der Waals surface area (Å²) in [4.78, 5) is 2.36. The van der Waals surface area contributed by atoms with Crippen molar-refractivity contribution < 1.29 is 0 Å². The fourth-order valence-corrected chi connectivity index (χ4v) is 3.12. The molecule has 0 amide bonds. The Balaban J connectivity index is 1.68. The van der Waals surface area contributed by atoms with Crippen LogP contribution >= 0.6 is 0 Å². The third-order valence-corrected chi connectivity index (χ3v) is 4.41. The normalized spacial score (nSPS) is 11.3. The topological polar surface area (TPSA) is 50.9 Å². The van der Waals surface area contributed by atoms with Crippen molar-refractivity contribution in [3.8, 4) is 0 Å². The largest absolute Gasteiger partial charge is 0.384 e. The van der Waals surface area contributed by atoms with Crippen molar-refractivity contribution >= 4 is 5.69 Å². The second-order valence-corrected chi connectivity index (χ2v) is 6.82. The summed E-state index contributed by atoms with van der Waals surface area (Å²) in [6.45, 7) is 11.5. The molecule has 0 unspecified atom stereocenters. The molecule has 0 aliphatic heterocycles. The average Bonchev–Trinajstić information content (AvgIpc) is 3.08. The van der Waals surface area contributed by atoms with Gasteiger partial charge in [-0.05, 0) is 52.0 Å². The molecule has 6 nitrogen and oxygen atoms in total. The second kappa shape index (κ2) is 8.19. The van der Waals surface area contributed by atoms with Crippen LogP contribution in [-0.2, 0) is 13.3 Å². The Morgan fingerprint density at radius 2 is 1.38 bits per heavy atom. The zero-order chi connectivity index (χ0) is 18.5. The van der Waals surface area contributed by atoms with Crippen molar-refractivity contribution in [3.63, 3.8) is 0 Å². The van der Waals surface area contributed by atoms with Crippen LogP contribution in [0.3, 0.4) is 0 Å². The van der Waals surface area contributed by atoms with E-state index in [9.17, 15) is 0 Å². The standard InChI is InChI=1S/C20H28N6/c1-16-12-18(3)25(22-16)14-24(15-26-19(4)13-17(2)23-26)11-10-21-20-8-6-5-7-9-20/h5-9,12-13,21H,10-11,14-15H2,1-4H3. The summed E-state index contributed by atoms with van der Waals surface area (Å²) in [5.74, 6) is 0. The lowest BCUT2D eigenvalue weighted by Gasteiger charge is -2.24. The summed E-state index contributed by atoms with van der Waals surface area (Å²) in [7, 11) is 0. The van der Waals surface area contributed by atoms with Crippen molar-refractivity contribution in [1.82, 2.24) is 24.5 Å². The van der Waals surface area contributed by atoms with Crippen molar-refractivity contribution in [2.45, 2.75) is 41.0 Å². The molecule has 0 aliphatic rings. The Hall–Kier alpha value is -2.60. The summed E-state index contributed by atoms with van der Waals surface area (Å²) in [5, 5.41) is 12.7. The monoisotopic (exact) mass is 352 g/mol. The molecule has 2 aromatic heterocycles. The number of hydrogen-bond donors (Lipinski definition) is 1. The summed E-state index contributed by atoms with van der Waals surface area (Å²) in [6, 6.07) is 14.5. The lowest BCUT2D eigenvalue weighted by molar-refractivity contribution is 0.156. The van der Waals surface area contributed by atoms with E-state index in [1.54, 1.807) is 0 Å². The molecule has 0 bridgehead atoms. The SMILES string of the molecule is Cc1cc(C)n(CN(CCNc2ccccc2)Cn2nc(C)cc2C)n1. The van der Waals surface area contributed by atoms with Crippen molar-refractivity contribution in [3.05, 3.63) is 65.2 Å². The zero-order valence-electron chi connectivity index (χ0n) is 16.1. The van der Waals surface area contributed by atoms with E-state index >= 15 is 0 Å². The van der Waals surface area contributed by atoms with Crippen molar-refractivity contribution in [2.24, 2.45) is 0 Å². The maximum atomic E-state index is 4.61. The molecule has 1 aromatic carbocycles. The van der Waals surface area contributed by atoms with E-state index < -0.39 is 0 Å². The Labute approximate surface area is 155 Å². The number of hydrogen-bond acceptors (Lipinski definition) is 4. The molecular weight excluding hydrogens is 324 g/mol. The summed E-state index contributed by atoms with van der Waals surface area (Å²) in [5.41, 5.74) is 5.60. The predicted molar refractivity (Wildman–Crippen MR) is 105 cm³/mol. The maximum Gasteiger partial charge on any atom is 0.0946 e. The van der Waals surface area contributed by atoms with Gasteiger partial charge in [-0.1, -0.05) is 18.2 Å². The number of aryl methyl sites for hydroxylation is 4. The molecule has 0 fully saturated rings. The van der Waals surface area contributed by atoms with Gasteiger partial charge in [-0.3, -0.25) is 14.3 Å². The fraction of sp³-hybridized carbons (Fsp3) is 0.400. The van der Waals surface area contributed by atoms with Crippen LogP contribution in [-0.4, -0.2) is 37.6 Å². The highest BCUT2D eigenvalue weighted by molar-refractivity contribution is 5.42. The minimum atomic E-state index is 0.745. The number of nitrogens with one attached hydrogen (secondary N) is 1. The number of nitrogens with zero attached hydrogens (tertiary/aromatic N) is 5. The molecule has 3 aromatic rings. The van der Waals surface area contributed by atoms with E-state index in [1.165, 1.54) is 11.4 Å². The van der Waals surface area contributed by atoms with E-state index in [0.29, 0.717) is 0 Å². The summed E-state index contributed by atoms with van der Waals surface area (Å²) < 4.78 is 4.12. The lowest BCUT2D eigenvalue weighted by Crippen LogP contribution is -2.34. The molecule has 3 rings (SSSR count). The van der Waals surface area contributed by atoms with Crippen LogP contribution in [0.4, 0.5) is 5.69 Å². The second-order valence-electron chi connectivity index (χ2n) is 6.82. The van der Waals surface area contributed by atoms with Crippen LogP contribution in [0.1, 0.15) is 22.8 Å². The third-order valence-electron chi connectivity index (χ3n) is 4.41. The molecule has 1 N–H and O–H groups in total. The van der Waals surface area contributed by atoms with Gasteiger partial charge in [0.1, 0.15) is 0 Å². The van der Waals surface area contributed by atoms with Gasteiger partial charge < -0.3 is 5.32 Å². The summed E-state index contributed by atoms with van der Waals surface area (Å²) >= 11 is 0. The molecule has 26 heavy (non-hydrogen) atoms. The minimum absolute atomic E-state index is 0.745. The Morgan fingerprint density at radius 3 is 1.85 bits per heavy atom. The molecule has 0 aliphatic carbocycles. The van der Waals surface area contributed by atoms with Crippen LogP contribution in [0.25, 0.3) is 0 Å². The Bertz CT molecular complexity index is 785. The first-order valence-electron chi connectivity index (χ1n) is 9.04. The van der Waals surface area contributed by atoms with E-state index in [2.05, 4.69) is 67.9 Å². The van der Waals surface area contributed by atoms with Gasteiger partial charge in [0, 0.05) is 30.2 Å². The first-order chi connectivity index (χ1) is 12.5. The molecule has 0 atom stereocenters. The highest BCUT2D eigenvalue weighted by atomic mass is 15.4. The molecular formula is C20H28N6. The molecule has 2 heterocycles. The van der Waals surface area contributed by atoms with Gasteiger partial charge in [0.25, 0.3) is 0 Å². The van der Waals surface area contributed by atoms with Gasteiger partial charge in [-0.2, -0.15) is 10.2 Å². The number of para-hydroxylation sites is 1. The Kier molecular flexibility index (Phi) is 5.73. The van der Waals surface area contributed by atoms with Gasteiger partial charge in [-0.15, -0.1) is 0 Å². The van der Waals surface area contributed by atoms with Gasteiger partial charge >= 0.3 is 0 Å². The van der Waals surface area contributed by atoms with Gasteiger partial charge in [0.05, 0.1) is 24.7 Å². The summed E-state index contributed by atoms with van der Waals surface area (Å²) in [6.07, 6.45) is 0. The molecule has 0 radical (unpaired) electrons. The number of benzene rings is 1. The van der Waals surface area contributed by atoms with E-state index in [-0.39, 0.29) is 0 Å². The number of rotatable bonds is 8. The molecule has 138 valence electrons. The highest BCUT2D eigenvalue weighted by Gasteiger charge is 2.11. The first-order valence-corrected chi connectivity index (χ1v) is 9.04. The lowest BCUT2D eigenvalue weighted by atomic mass is 10.3.